The molecule has 0 aliphatic heterocycles. The first-order chi connectivity index (χ1) is 9.76. The molecule has 1 unspecified atom stereocenters. The van der Waals surface area contributed by atoms with Gasteiger partial charge in [-0.3, -0.25) is 4.79 Å². The summed E-state index contributed by atoms with van der Waals surface area (Å²) in [5.41, 5.74) is 0.857. The van der Waals surface area contributed by atoms with Crippen LogP contribution >= 0.6 is 15.9 Å². The maximum Gasteiger partial charge on any atom is 0.304 e. The molecule has 118 valence electrons. The molecule has 0 bridgehead atoms. The molecule has 8 heteroatoms. The average molecular weight is 379 g/mol. The summed E-state index contributed by atoms with van der Waals surface area (Å²) < 4.78 is 28.9. The zero-order valence-corrected chi connectivity index (χ0v) is 14.3. The van der Waals surface area contributed by atoms with E-state index in [1.54, 1.807) is 0 Å². The Labute approximate surface area is 133 Å². The minimum Gasteiger partial charge on any atom is -0.481 e. The molecule has 1 rings (SSSR count). The molecule has 0 spiro atoms. The van der Waals surface area contributed by atoms with Gasteiger partial charge in [0, 0.05) is 24.1 Å². The molecule has 0 heterocycles. The minimum atomic E-state index is -3.72. The maximum absolute atomic E-state index is 12.2. The van der Waals surface area contributed by atoms with E-state index in [9.17, 15) is 13.2 Å². The second kappa shape index (κ2) is 7.88. The largest absolute Gasteiger partial charge is 0.481 e. The van der Waals surface area contributed by atoms with Crippen molar-refractivity contribution < 1.29 is 18.3 Å². The topological polar surface area (TPSA) is 86.7 Å². The summed E-state index contributed by atoms with van der Waals surface area (Å²) in [7, 11) is -2.36. The highest BCUT2D eigenvalue weighted by Gasteiger charge is 2.22. The summed E-state index contributed by atoms with van der Waals surface area (Å²) in [4.78, 5) is 10.5. The number of benzene rings is 1. The van der Waals surface area contributed by atoms with Crippen LogP contribution in [0.25, 0.3) is 0 Å². The normalized spacial score (nSPS) is 13.3. The van der Waals surface area contributed by atoms with Crippen LogP contribution in [0.1, 0.15) is 31.4 Å². The van der Waals surface area contributed by atoms with Crippen LogP contribution in [-0.4, -0.2) is 37.4 Å². The van der Waals surface area contributed by atoms with E-state index < -0.39 is 16.2 Å². The van der Waals surface area contributed by atoms with Gasteiger partial charge >= 0.3 is 5.97 Å². The predicted octanol–water partition coefficient (Wildman–Crippen LogP) is 2.14. The van der Waals surface area contributed by atoms with Gasteiger partial charge in [-0.25, -0.2) is 0 Å². The van der Waals surface area contributed by atoms with Gasteiger partial charge in [0.1, 0.15) is 0 Å². The lowest BCUT2D eigenvalue weighted by atomic mass is 10.1. The summed E-state index contributed by atoms with van der Waals surface area (Å²) in [6, 6.07) is 7.03. The molecule has 1 aromatic carbocycles. The lowest BCUT2D eigenvalue weighted by molar-refractivity contribution is -0.137. The van der Waals surface area contributed by atoms with Gasteiger partial charge in [-0.1, -0.05) is 35.0 Å². The number of hydrogen-bond donors (Lipinski definition) is 2. The summed E-state index contributed by atoms with van der Waals surface area (Å²) in [6.45, 7) is 1.81. The van der Waals surface area contributed by atoms with Gasteiger partial charge in [-0.2, -0.15) is 17.4 Å². The molecule has 6 nitrogen and oxygen atoms in total. The molecular weight excluding hydrogens is 360 g/mol. The monoisotopic (exact) mass is 378 g/mol. The standard InChI is InChI=1S/C13H19BrN2O4S/c1-3-12(10-4-6-11(14)7-5-10)15-21(19,20)16(2)9-8-13(17)18/h4-7,12,15H,3,8-9H2,1-2H3,(H,17,18). The lowest BCUT2D eigenvalue weighted by Gasteiger charge is -2.22. The first kappa shape index (κ1) is 18.1. The molecule has 21 heavy (non-hydrogen) atoms. The van der Waals surface area contributed by atoms with Crippen molar-refractivity contribution in [2.24, 2.45) is 0 Å². The molecule has 0 aliphatic rings. The Morgan fingerprint density at radius 1 is 1.38 bits per heavy atom. The highest BCUT2D eigenvalue weighted by Crippen LogP contribution is 2.20. The fourth-order valence-corrected chi connectivity index (χ4v) is 3.16. The third-order valence-electron chi connectivity index (χ3n) is 3.02. The Morgan fingerprint density at radius 2 is 1.95 bits per heavy atom. The number of carbonyl (C=O) groups is 1. The molecule has 2 N–H and O–H groups in total. The van der Waals surface area contributed by atoms with Gasteiger partial charge < -0.3 is 5.11 Å². The molecule has 0 saturated carbocycles. The van der Waals surface area contributed by atoms with E-state index in [0.717, 1.165) is 14.3 Å². The number of rotatable bonds is 8. The third kappa shape index (κ3) is 5.74. The molecule has 1 aromatic rings. The van der Waals surface area contributed by atoms with Crippen molar-refractivity contribution in [2.75, 3.05) is 13.6 Å². The van der Waals surface area contributed by atoms with Crippen LogP contribution in [-0.2, 0) is 15.0 Å². The van der Waals surface area contributed by atoms with Crippen LogP contribution in [0.4, 0.5) is 0 Å². The average Bonchev–Trinajstić information content (AvgIpc) is 2.43. The number of nitrogens with one attached hydrogen (secondary N) is 1. The number of halogens is 1. The van der Waals surface area contributed by atoms with Crippen LogP contribution in [0.2, 0.25) is 0 Å². The maximum atomic E-state index is 12.2. The van der Waals surface area contributed by atoms with Crippen molar-refractivity contribution in [3.63, 3.8) is 0 Å². The van der Waals surface area contributed by atoms with Crippen LogP contribution in [0, 0.1) is 0 Å². The van der Waals surface area contributed by atoms with E-state index in [1.165, 1.54) is 7.05 Å². The van der Waals surface area contributed by atoms with Crippen molar-refractivity contribution >= 4 is 32.1 Å². The van der Waals surface area contributed by atoms with Crippen LogP contribution in [0.15, 0.2) is 28.7 Å². The van der Waals surface area contributed by atoms with Crippen molar-refractivity contribution in [1.29, 1.82) is 0 Å². The van der Waals surface area contributed by atoms with Crippen molar-refractivity contribution in [1.82, 2.24) is 9.03 Å². The van der Waals surface area contributed by atoms with Crippen molar-refractivity contribution in [3.8, 4) is 0 Å². The Balaban J connectivity index is 2.79. The van der Waals surface area contributed by atoms with Crippen LogP contribution < -0.4 is 4.72 Å². The Morgan fingerprint density at radius 3 is 2.43 bits per heavy atom. The van der Waals surface area contributed by atoms with E-state index in [2.05, 4.69) is 20.7 Å². The molecule has 0 aliphatic carbocycles. The fourth-order valence-electron chi connectivity index (χ4n) is 1.73. The molecule has 0 fully saturated rings. The van der Waals surface area contributed by atoms with E-state index in [0.29, 0.717) is 6.42 Å². The summed E-state index contributed by atoms with van der Waals surface area (Å²) in [5.74, 6) is -1.03. The van der Waals surface area contributed by atoms with Crippen molar-refractivity contribution in [3.05, 3.63) is 34.3 Å². The van der Waals surface area contributed by atoms with E-state index >= 15 is 0 Å². The van der Waals surface area contributed by atoms with Gasteiger partial charge in [0.15, 0.2) is 0 Å². The Bertz CT molecular complexity index is 574. The molecule has 0 saturated heterocycles. The first-order valence-electron chi connectivity index (χ1n) is 6.47. The summed E-state index contributed by atoms with van der Waals surface area (Å²) >= 11 is 3.33. The second-order valence-corrected chi connectivity index (χ2v) is 7.33. The van der Waals surface area contributed by atoms with Crippen LogP contribution in [0.5, 0.6) is 0 Å². The summed E-state index contributed by atoms with van der Waals surface area (Å²) in [5, 5.41) is 8.61. The second-order valence-electron chi connectivity index (χ2n) is 4.60. The zero-order chi connectivity index (χ0) is 16.0. The SMILES string of the molecule is CCC(NS(=O)(=O)N(C)CCC(=O)O)c1ccc(Br)cc1. The van der Waals surface area contributed by atoms with E-state index in [1.807, 2.05) is 31.2 Å². The minimum absolute atomic E-state index is 0.0680. The molecule has 0 aromatic heterocycles. The number of carboxylic acid groups (broad SMARTS) is 1. The van der Waals surface area contributed by atoms with Gasteiger partial charge in [-0.15, -0.1) is 0 Å². The molecular formula is C13H19BrN2O4S. The van der Waals surface area contributed by atoms with Gasteiger partial charge in [0.2, 0.25) is 0 Å². The van der Waals surface area contributed by atoms with Gasteiger partial charge in [0.05, 0.1) is 6.42 Å². The molecule has 0 amide bonds. The van der Waals surface area contributed by atoms with Gasteiger partial charge in [-0.05, 0) is 24.1 Å². The van der Waals surface area contributed by atoms with Crippen molar-refractivity contribution in [2.45, 2.75) is 25.8 Å². The molecule has 1 atom stereocenters. The summed E-state index contributed by atoms with van der Waals surface area (Å²) in [6.07, 6.45) is 0.361. The van der Waals surface area contributed by atoms with Crippen LogP contribution in [0.3, 0.4) is 0 Å². The Kier molecular flexibility index (Phi) is 6.79. The first-order valence-corrected chi connectivity index (χ1v) is 8.70. The number of aliphatic carboxylic acids is 1. The van der Waals surface area contributed by atoms with Gasteiger partial charge in [0.25, 0.3) is 10.2 Å². The highest BCUT2D eigenvalue weighted by atomic mass is 79.9. The smallest absolute Gasteiger partial charge is 0.304 e. The third-order valence-corrected chi connectivity index (χ3v) is 5.14. The lowest BCUT2D eigenvalue weighted by Crippen LogP contribution is -2.40. The Hall–Kier alpha value is -0.960. The molecule has 0 radical (unpaired) electrons. The number of hydrogen-bond acceptors (Lipinski definition) is 3. The zero-order valence-electron chi connectivity index (χ0n) is 11.9. The number of carboxylic acids is 1. The van der Waals surface area contributed by atoms with E-state index in [-0.39, 0.29) is 19.0 Å². The quantitative estimate of drug-likeness (QED) is 0.725. The fraction of sp³-hybridized carbons (Fsp3) is 0.462. The highest BCUT2D eigenvalue weighted by molar-refractivity contribution is 9.10. The van der Waals surface area contributed by atoms with E-state index in [4.69, 9.17) is 5.11 Å². The number of nitrogens with zero attached hydrogens (tertiary/aromatic N) is 1. The predicted molar refractivity (Wildman–Crippen MR) is 84.1 cm³/mol.